The van der Waals surface area contributed by atoms with E-state index in [-0.39, 0.29) is 18.2 Å². The van der Waals surface area contributed by atoms with E-state index in [9.17, 15) is 8.42 Å². The normalized spacial score (nSPS) is 32.8. The first-order valence-corrected chi connectivity index (χ1v) is 8.54. The van der Waals surface area contributed by atoms with E-state index in [1.807, 2.05) is 5.38 Å². The summed E-state index contributed by atoms with van der Waals surface area (Å²) in [7, 11) is -1.57. The van der Waals surface area contributed by atoms with E-state index in [1.165, 1.54) is 11.3 Å². The van der Waals surface area contributed by atoms with Gasteiger partial charge in [0.2, 0.25) is 0 Å². The fourth-order valence-corrected chi connectivity index (χ4v) is 6.17. The molecule has 0 N–H and O–H groups in total. The molecule has 2 aliphatic rings. The Morgan fingerprint density at radius 2 is 2.00 bits per heavy atom. The Labute approximate surface area is 112 Å². The molecule has 2 atom stereocenters. The molecule has 3 heterocycles. The highest BCUT2D eigenvalue weighted by atomic mass is 32.2. The average molecular weight is 287 g/mol. The second kappa shape index (κ2) is 4.59. The molecule has 0 saturated carbocycles. The maximum atomic E-state index is 12.6. The first-order valence-electron chi connectivity index (χ1n) is 6.23. The van der Waals surface area contributed by atoms with Crippen molar-refractivity contribution in [3.05, 3.63) is 17.5 Å². The summed E-state index contributed by atoms with van der Waals surface area (Å²) < 4.78 is 32.8. The van der Waals surface area contributed by atoms with Crippen LogP contribution in [0.5, 0.6) is 0 Å². The van der Waals surface area contributed by atoms with Crippen molar-refractivity contribution in [2.45, 2.75) is 48.1 Å². The van der Waals surface area contributed by atoms with E-state index in [0.717, 1.165) is 25.7 Å². The second-order valence-corrected chi connectivity index (χ2v) is 8.00. The molecule has 0 radical (unpaired) electrons. The maximum absolute atomic E-state index is 12.6. The number of nitrogens with zero attached hydrogens (tertiary/aromatic N) is 1. The van der Waals surface area contributed by atoms with E-state index in [4.69, 9.17) is 4.74 Å². The number of thiophene rings is 1. The summed E-state index contributed by atoms with van der Waals surface area (Å²) in [5.41, 5.74) is 0. The average Bonchev–Trinajstić information content (AvgIpc) is 2.97. The van der Waals surface area contributed by atoms with Gasteiger partial charge in [-0.2, -0.15) is 4.31 Å². The third kappa shape index (κ3) is 1.91. The number of hydrogen-bond donors (Lipinski definition) is 0. The lowest BCUT2D eigenvalue weighted by molar-refractivity contribution is 0.0350. The van der Waals surface area contributed by atoms with Crippen LogP contribution >= 0.6 is 11.3 Å². The first kappa shape index (κ1) is 12.6. The number of fused-ring (bicyclic) bond motifs is 2. The summed E-state index contributed by atoms with van der Waals surface area (Å²) in [6, 6.07) is 3.74. The first-order chi connectivity index (χ1) is 8.63. The monoisotopic (exact) mass is 287 g/mol. The van der Waals surface area contributed by atoms with Gasteiger partial charge in [-0.3, -0.25) is 0 Å². The van der Waals surface area contributed by atoms with Crippen molar-refractivity contribution in [3.63, 3.8) is 0 Å². The number of rotatable bonds is 3. The van der Waals surface area contributed by atoms with Gasteiger partial charge in [0.15, 0.2) is 0 Å². The van der Waals surface area contributed by atoms with Crippen LogP contribution in [0.15, 0.2) is 21.7 Å². The highest BCUT2D eigenvalue weighted by molar-refractivity contribution is 7.91. The summed E-state index contributed by atoms with van der Waals surface area (Å²) in [5, 5.41) is 1.82. The minimum Gasteiger partial charge on any atom is -0.381 e. The molecule has 0 aromatic carbocycles. The highest BCUT2D eigenvalue weighted by Gasteiger charge is 2.47. The van der Waals surface area contributed by atoms with E-state index in [0.29, 0.717) is 4.21 Å². The van der Waals surface area contributed by atoms with E-state index in [1.54, 1.807) is 23.5 Å². The van der Waals surface area contributed by atoms with Gasteiger partial charge in [-0.05, 0) is 37.1 Å². The SMILES string of the molecule is COC1CC2CCC(C1)N2S(=O)(=O)c1cccs1. The lowest BCUT2D eigenvalue weighted by atomic mass is 10.0. The molecule has 0 spiro atoms. The summed E-state index contributed by atoms with van der Waals surface area (Å²) in [5.74, 6) is 0. The molecule has 2 fully saturated rings. The fraction of sp³-hybridized carbons (Fsp3) is 0.667. The highest BCUT2D eigenvalue weighted by Crippen LogP contribution is 2.41. The largest absolute Gasteiger partial charge is 0.381 e. The van der Waals surface area contributed by atoms with Crippen LogP contribution in [0.2, 0.25) is 0 Å². The molecule has 2 saturated heterocycles. The van der Waals surface area contributed by atoms with Gasteiger partial charge < -0.3 is 4.74 Å². The molecule has 6 heteroatoms. The van der Waals surface area contributed by atoms with Crippen molar-refractivity contribution in [3.8, 4) is 0 Å². The third-order valence-electron chi connectivity index (χ3n) is 3.98. The van der Waals surface area contributed by atoms with Crippen molar-refractivity contribution >= 4 is 21.4 Å². The van der Waals surface area contributed by atoms with Gasteiger partial charge in [-0.1, -0.05) is 6.07 Å². The van der Waals surface area contributed by atoms with Crippen molar-refractivity contribution in [2.75, 3.05) is 7.11 Å². The molecule has 2 aliphatic heterocycles. The van der Waals surface area contributed by atoms with Crippen LogP contribution in [0.1, 0.15) is 25.7 Å². The van der Waals surface area contributed by atoms with Crippen molar-refractivity contribution in [2.24, 2.45) is 0 Å². The van der Waals surface area contributed by atoms with Gasteiger partial charge in [-0.25, -0.2) is 8.42 Å². The van der Waals surface area contributed by atoms with Crippen LogP contribution in [0.3, 0.4) is 0 Å². The Morgan fingerprint density at radius 1 is 1.33 bits per heavy atom. The van der Waals surface area contributed by atoms with Crippen LogP contribution in [-0.2, 0) is 14.8 Å². The molecule has 100 valence electrons. The lowest BCUT2D eigenvalue weighted by Crippen LogP contribution is -2.48. The van der Waals surface area contributed by atoms with Gasteiger partial charge >= 0.3 is 0 Å². The minimum absolute atomic E-state index is 0.126. The Balaban J connectivity index is 1.91. The number of ether oxygens (including phenoxy) is 1. The number of sulfonamides is 1. The van der Waals surface area contributed by atoms with Crippen LogP contribution < -0.4 is 0 Å². The quantitative estimate of drug-likeness (QED) is 0.855. The van der Waals surface area contributed by atoms with Crippen molar-refractivity contribution < 1.29 is 13.2 Å². The molecule has 3 rings (SSSR count). The molecular weight excluding hydrogens is 270 g/mol. The van der Waals surface area contributed by atoms with Gasteiger partial charge in [0, 0.05) is 19.2 Å². The topological polar surface area (TPSA) is 46.6 Å². The molecule has 1 aromatic rings. The predicted octanol–water partition coefficient (Wildman–Crippen LogP) is 2.08. The van der Waals surface area contributed by atoms with E-state index >= 15 is 0 Å². The summed E-state index contributed by atoms with van der Waals surface area (Å²) in [6.07, 6.45) is 3.82. The molecular formula is C12H17NO3S2. The zero-order chi connectivity index (χ0) is 12.8. The number of hydrogen-bond acceptors (Lipinski definition) is 4. The lowest BCUT2D eigenvalue weighted by Gasteiger charge is -2.36. The van der Waals surface area contributed by atoms with Gasteiger partial charge in [0.25, 0.3) is 10.0 Å². The molecule has 0 aliphatic carbocycles. The third-order valence-corrected chi connectivity index (χ3v) is 7.36. The van der Waals surface area contributed by atoms with E-state index in [2.05, 4.69) is 0 Å². The summed E-state index contributed by atoms with van der Waals surface area (Å²) in [6.45, 7) is 0. The maximum Gasteiger partial charge on any atom is 0.253 e. The van der Waals surface area contributed by atoms with Crippen molar-refractivity contribution in [1.29, 1.82) is 0 Å². The van der Waals surface area contributed by atoms with Crippen molar-refractivity contribution in [1.82, 2.24) is 4.31 Å². The number of piperidine rings is 1. The van der Waals surface area contributed by atoms with Gasteiger partial charge in [-0.15, -0.1) is 11.3 Å². The molecule has 1 aromatic heterocycles. The molecule has 2 unspecified atom stereocenters. The van der Waals surface area contributed by atoms with Crippen LogP contribution in [-0.4, -0.2) is 38.0 Å². The predicted molar refractivity (Wildman–Crippen MR) is 70.2 cm³/mol. The Kier molecular flexibility index (Phi) is 3.21. The van der Waals surface area contributed by atoms with Crippen LogP contribution in [0, 0.1) is 0 Å². The van der Waals surface area contributed by atoms with Crippen LogP contribution in [0.4, 0.5) is 0 Å². The Morgan fingerprint density at radius 3 is 2.50 bits per heavy atom. The van der Waals surface area contributed by atoms with Crippen LogP contribution in [0.25, 0.3) is 0 Å². The molecule has 18 heavy (non-hydrogen) atoms. The smallest absolute Gasteiger partial charge is 0.253 e. The summed E-state index contributed by atoms with van der Waals surface area (Å²) in [4.78, 5) is 0. The minimum atomic E-state index is -3.29. The second-order valence-electron chi connectivity index (χ2n) is 4.98. The fourth-order valence-electron chi connectivity index (χ4n) is 3.18. The van der Waals surface area contributed by atoms with E-state index < -0.39 is 10.0 Å². The zero-order valence-electron chi connectivity index (χ0n) is 10.3. The summed E-state index contributed by atoms with van der Waals surface area (Å²) >= 11 is 1.30. The Hall–Kier alpha value is -0.430. The molecule has 0 amide bonds. The standard InChI is InChI=1S/C12H17NO3S2/c1-16-11-7-9-4-5-10(8-11)13(9)18(14,15)12-3-2-6-17-12/h2-3,6,9-11H,4-5,7-8H2,1H3. The molecule has 2 bridgehead atoms. The van der Waals surface area contributed by atoms with Gasteiger partial charge in [0.1, 0.15) is 4.21 Å². The molecule has 4 nitrogen and oxygen atoms in total. The Bertz CT molecular complexity index is 497. The van der Waals surface area contributed by atoms with Gasteiger partial charge in [0.05, 0.1) is 6.10 Å². The number of methoxy groups -OCH3 is 1. The zero-order valence-corrected chi connectivity index (χ0v) is 11.9.